The van der Waals surface area contributed by atoms with Crippen LogP contribution in [0.2, 0.25) is 0 Å². The maximum absolute atomic E-state index is 11.7. The lowest BCUT2D eigenvalue weighted by Gasteiger charge is -2.19. The first-order chi connectivity index (χ1) is 10.9. The predicted molar refractivity (Wildman–Crippen MR) is 92.5 cm³/mol. The summed E-state index contributed by atoms with van der Waals surface area (Å²) >= 11 is 0. The van der Waals surface area contributed by atoms with E-state index >= 15 is 0 Å². The highest BCUT2D eigenvalue weighted by Crippen LogP contribution is 2.13. The van der Waals surface area contributed by atoms with Gasteiger partial charge < -0.3 is 15.0 Å². The highest BCUT2D eigenvalue weighted by molar-refractivity contribution is 5.84. The van der Waals surface area contributed by atoms with Crippen LogP contribution in [0.15, 0.2) is 42.6 Å². The number of hydrogen-bond acceptors (Lipinski definition) is 3. The topological polar surface area (TPSA) is 66.2 Å². The molecule has 0 unspecified atom stereocenters. The molecule has 0 saturated carbocycles. The SMILES string of the molecule is CC(C)(C)OC(=O)Nc1ccc(CCNCc2ccc[nH]2)cc1. The minimum absolute atomic E-state index is 0.433. The van der Waals surface area contributed by atoms with Gasteiger partial charge in [-0.25, -0.2) is 4.79 Å². The van der Waals surface area contributed by atoms with Crippen molar-refractivity contribution in [1.82, 2.24) is 10.3 Å². The highest BCUT2D eigenvalue weighted by atomic mass is 16.6. The average molecular weight is 315 g/mol. The maximum Gasteiger partial charge on any atom is 0.412 e. The summed E-state index contributed by atoms with van der Waals surface area (Å²) in [7, 11) is 0. The van der Waals surface area contributed by atoms with E-state index in [1.165, 1.54) is 11.3 Å². The Balaban J connectivity index is 1.72. The Bertz CT molecular complexity index is 598. The molecule has 2 aromatic rings. The van der Waals surface area contributed by atoms with Crippen LogP contribution in [0.4, 0.5) is 10.5 Å². The monoisotopic (exact) mass is 315 g/mol. The zero-order valence-corrected chi connectivity index (χ0v) is 14.0. The van der Waals surface area contributed by atoms with E-state index in [0.29, 0.717) is 0 Å². The number of amides is 1. The van der Waals surface area contributed by atoms with Crippen molar-refractivity contribution in [1.29, 1.82) is 0 Å². The van der Waals surface area contributed by atoms with E-state index in [-0.39, 0.29) is 0 Å². The van der Waals surface area contributed by atoms with E-state index < -0.39 is 11.7 Å². The minimum Gasteiger partial charge on any atom is -0.444 e. The van der Waals surface area contributed by atoms with Crippen LogP contribution in [-0.4, -0.2) is 23.2 Å². The molecule has 0 spiro atoms. The lowest BCUT2D eigenvalue weighted by Crippen LogP contribution is -2.27. The van der Waals surface area contributed by atoms with Gasteiger partial charge in [0.2, 0.25) is 0 Å². The van der Waals surface area contributed by atoms with Crippen LogP contribution in [0.5, 0.6) is 0 Å². The van der Waals surface area contributed by atoms with Crippen LogP contribution >= 0.6 is 0 Å². The molecular formula is C18H25N3O2. The van der Waals surface area contributed by atoms with Gasteiger partial charge in [0.15, 0.2) is 0 Å². The van der Waals surface area contributed by atoms with Crippen molar-refractivity contribution < 1.29 is 9.53 Å². The summed E-state index contributed by atoms with van der Waals surface area (Å²) in [6.07, 6.45) is 2.43. The van der Waals surface area contributed by atoms with Crippen molar-refractivity contribution in [2.45, 2.75) is 39.3 Å². The number of H-pyrrole nitrogens is 1. The van der Waals surface area contributed by atoms with Crippen molar-refractivity contribution in [3.63, 3.8) is 0 Å². The summed E-state index contributed by atoms with van der Waals surface area (Å²) in [4.78, 5) is 14.9. The van der Waals surface area contributed by atoms with Crippen molar-refractivity contribution in [3.05, 3.63) is 53.9 Å². The molecule has 1 amide bonds. The van der Waals surface area contributed by atoms with E-state index in [2.05, 4.69) is 21.7 Å². The largest absolute Gasteiger partial charge is 0.444 e. The van der Waals surface area contributed by atoms with Crippen LogP contribution in [0.3, 0.4) is 0 Å². The number of hydrogen-bond donors (Lipinski definition) is 3. The summed E-state index contributed by atoms with van der Waals surface area (Å²) < 4.78 is 5.22. The van der Waals surface area contributed by atoms with Gasteiger partial charge in [0.05, 0.1) is 0 Å². The summed E-state index contributed by atoms with van der Waals surface area (Å²) in [5.74, 6) is 0. The molecule has 1 aromatic carbocycles. The first-order valence-corrected chi connectivity index (χ1v) is 7.84. The Labute approximate surface area is 137 Å². The Morgan fingerprint density at radius 1 is 1.17 bits per heavy atom. The first-order valence-electron chi connectivity index (χ1n) is 7.84. The number of anilines is 1. The smallest absolute Gasteiger partial charge is 0.412 e. The van der Waals surface area contributed by atoms with Crippen LogP contribution in [0.25, 0.3) is 0 Å². The Morgan fingerprint density at radius 2 is 1.91 bits per heavy atom. The van der Waals surface area contributed by atoms with E-state index in [4.69, 9.17) is 4.74 Å². The molecule has 2 rings (SSSR count). The number of carbonyl (C=O) groups excluding carboxylic acids is 1. The van der Waals surface area contributed by atoms with Crippen molar-refractivity contribution in [3.8, 4) is 0 Å². The molecule has 3 N–H and O–H groups in total. The molecule has 5 heteroatoms. The molecule has 0 aliphatic rings. The Morgan fingerprint density at radius 3 is 2.52 bits per heavy atom. The molecule has 0 saturated heterocycles. The van der Waals surface area contributed by atoms with Gasteiger partial charge in [-0.15, -0.1) is 0 Å². The molecular weight excluding hydrogens is 290 g/mol. The number of ether oxygens (including phenoxy) is 1. The fraction of sp³-hybridized carbons (Fsp3) is 0.389. The van der Waals surface area contributed by atoms with E-state index in [0.717, 1.165) is 25.2 Å². The van der Waals surface area contributed by atoms with Gasteiger partial charge in [-0.2, -0.15) is 0 Å². The second kappa shape index (κ2) is 7.83. The lowest BCUT2D eigenvalue weighted by atomic mass is 10.1. The number of benzene rings is 1. The van der Waals surface area contributed by atoms with Gasteiger partial charge in [0, 0.05) is 24.1 Å². The predicted octanol–water partition coefficient (Wildman–Crippen LogP) is 3.69. The Kier molecular flexibility index (Phi) is 5.82. The fourth-order valence-corrected chi connectivity index (χ4v) is 2.11. The van der Waals surface area contributed by atoms with Gasteiger partial charge in [-0.05, 0) is 63.6 Å². The van der Waals surface area contributed by atoms with Gasteiger partial charge in [-0.1, -0.05) is 12.1 Å². The maximum atomic E-state index is 11.7. The quantitative estimate of drug-likeness (QED) is 0.712. The zero-order chi connectivity index (χ0) is 16.7. The number of aromatic amines is 1. The molecule has 0 atom stereocenters. The van der Waals surface area contributed by atoms with Crippen LogP contribution in [-0.2, 0) is 17.7 Å². The van der Waals surface area contributed by atoms with Crippen LogP contribution < -0.4 is 10.6 Å². The summed E-state index contributed by atoms with van der Waals surface area (Å²) in [6.45, 7) is 7.27. The third-order valence-corrected chi connectivity index (χ3v) is 3.17. The van der Waals surface area contributed by atoms with Crippen LogP contribution in [0.1, 0.15) is 32.0 Å². The molecule has 5 nitrogen and oxygen atoms in total. The highest BCUT2D eigenvalue weighted by Gasteiger charge is 2.15. The van der Waals surface area contributed by atoms with Gasteiger partial charge in [0.25, 0.3) is 0 Å². The molecule has 0 fully saturated rings. The van der Waals surface area contributed by atoms with Crippen molar-refractivity contribution in [2.24, 2.45) is 0 Å². The van der Waals surface area contributed by atoms with Gasteiger partial charge >= 0.3 is 6.09 Å². The van der Waals surface area contributed by atoms with Crippen LogP contribution in [0, 0.1) is 0 Å². The second-order valence-corrected chi connectivity index (χ2v) is 6.45. The zero-order valence-electron chi connectivity index (χ0n) is 14.0. The third kappa shape index (κ3) is 6.57. The third-order valence-electron chi connectivity index (χ3n) is 3.17. The molecule has 23 heavy (non-hydrogen) atoms. The molecule has 0 radical (unpaired) electrons. The van der Waals surface area contributed by atoms with E-state index in [1.54, 1.807) is 0 Å². The minimum atomic E-state index is -0.491. The number of aromatic nitrogens is 1. The van der Waals surface area contributed by atoms with Gasteiger partial charge in [-0.3, -0.25) is 5.32 Å². The number of carbonyl (C=O) groups is 1. The van der Waals surface area contributed by atoms with E-state index in [1.807, 2.05) is 57.3 Å². The fourth-order valence-electron chi connectivity index (χ4n) is 2.11. The second-order valence-electron chi connectivity index (χ2n) is 6.45. The molecule has 1 heterocycles. The van der Waals surface area contributed by atoms with E-state index in [9.17, 15) is 4.79 Å². The molecule has 0 bridgehead atoms. The summed E-state index contributed by atoms with van der Waals surface area (Å²) in [6, 6.07) is 11.9. The molecule has 0 aliphatic carbocycles. The average Bonchev–Trinajstić information content (AvgIpc) is 2.96. The normalized spacial score (nSPS) is 11.3. The number of nitrogens with one attached hydrogen (secondary N) is 3. The molecule has 124 valence electrons. The van der Waals surface area contributed by atoms with Crippen molar-refractivity contribution in [2.75, 3.05) is 11.9 Å². The van der Waals surface area contributed by atoms with Crippen molar-refractivity contribution >= 4 is 11.8 Å². The Hall–Kier alpha value is -2.27. The lowest BCUT2D eigenvalue weighted by molar-refractivity contribution is 0.0636. The number of rotatable bonds is 6. The molecule has 0 aliphatic heterocycles. The van der Waals surface area contributed by atoms with Gasteiger partial charge in [0.1, 0.15) is 5.60 Å². The first kappa shape index (κ1) is 17.1. The summed E-state index contributed by atoms with van der Waals surface area (Å²) in [5.41, 5.74) is 2.65. The standard InChI is InChI=1S/C18H25N3O2/c1-18(2,3)23-17(22)21-15-8-6-14(7-9-15)10-12-19-13-16-5-4-11-20-16/h4-9,11,19-20H,10,12-13H2,1-3H3,(H,21,22). The molecule has 1 aromatic heterocycles. The summed E-state index contributed by atoms with van der Waals surface area (Å²) in [5, 5.41) is 6.12.